The smallest absolute Gasteiger partial charge is 0.243 e. The lowest BCUT2D eigenvalue weighted by Gasteiger charge is -2.28. The number of rotatable bonds is 3. The molecule has 4 nitrogen and oxygen atoms in total. The van der Waals surface area contributed by atoms with E-state index in [0.29, 0.717) is 11.0 Å². The van der Waals surface area contributed by atoms with E-state index < -0.39 is 0 Å². The molecular formula is C15H25N3OS. The number of thiazole rings is 1. The SMILES string of the molecule is CCC1CCNC(C(=O)Nc2nc(C(C)(C)C)cs2)C1. The Bertz CT molecular complexity index is 464. The zero-order valence-electron chi connectivity index (χ0n) is 12.8. The first-order valence-electron chi connectivity index (χ1n) is 7.40. The molecule has 112 valence electrons. The molecule has 0 radical (unpaired) electrons. The maximum atomic E-state index is 12.3. The van der Waals surface area contributed by atoms with Crippen LogP contribution in [0.5, 0.6) is 0 Å². The lowest BCUT2D eigenvalue weighted by atomic mass is 9.90. The van der Waals surface area contributed by atoms with Gasteiger partial charge in [0.2, 0.25) is 5.91 Å². The summed E-state index contributed by atoms with van der Waals surface area (Å²) in [5, 5.41) is 9.00. The van der Waals surface area contributed by atoms with Crippen LogP contribution in [0, 0.1) is 5.92 Å². The molecule has 2 atom stereocenters. The first-order chi connectivity index (χ1) is 9.40. The van der Waals surface area contributed by atoms with Gasteiger partial charge in [0, 0.05) is 10.8 Å². The Labute approximate surface area is 125 Å². The van der Waals surface area contributed by atoms with E-state index in [0.717, 1.165) is 25.1 Å². The second-order valence-corrected chi connectivity index (χ2v) is 7.44. The summed E-state index contributed by atoms with van der Waals surface area (Å²) in [5.41, 5.74) is 1.05. The maximum absolute atomic E-state index is 12.3. The molecule has 2 N–H and O–H groups in total. The summed E-state index contributed by atoms with van der Waals surface area (Å²) < 4.78 is 0. The number of amides is 1. The van der Waals surface area contributed by atoms with Gasteiger partial charge in [-0.15, -0.1) is 11.3 Å². The van der Waals surface area contributed by atoms with Crippen LogP contribution in [0.15, 0.2) is 5.38 Å². The van der Waals surface area contributed by atoms with Crippen LogP contribution in [0.2, 0.25) is 0 Å². The van der Waals surface area contributed by atoms with Gasteiger partial charge in [0.15, 0.2) is 5.13 Å². The van der Waals surface area contributed by atoms with Gasteiger partial charge in [0.25, 0.3) is 0 Å². The topological polar surface area (TPSA) is 54.0 Å². The van der Waals surface area contributed by atoms with Gasteiger partial charge >= 0.3 is 0 Å². The number of aromatic nitrogens is 1. The van der Waals surface area contributed by atoms with Crippen molar-refractivity contribution < 1.29 is 4.79 Å². The zero-order valence-corrected chi connectivity index (χ0v) is 13.6. The van der Waals surface area contributed by atoms with Gasteiger partial charge in [-0.3, -0.25) is 4.79 Å². The molecule has 20 heavy (non-hydrogen) atoms. The fourth-order valence-electron chi connectivity index (χ4n) is 2.43. The van der Waals surface area contributed by atoms with E-state index in [4.69, 9.17) is 0 Å². The second-order valence-electron chi connectivity index (χ2n) is 6.58. The van der Waals surface area contributed by atoms with Crippen molar-refractivity contribution in [2.45, 2.75) is 58.4 Å². The van der Waals surface area contributed by atoms with Gasteiger partial charge in [-0.1, -0.05) is 34.1 Å². The summed E-state index contributed by atoms with van der Waals surface area (Å²) in [7, 11) is 0. The standard InChI is InChI=1S/C15H25N3OS/c1-5-10-6-7-16-11(8-10)13(19)18-14-17-12(9-20-14)15(2,3)4/h9-11,16H,5-8H2,1-4H3,(H,17,18,19). The molecule has 0 aromatic carbocycles. The number of anilines is 1. The fraction of sp³-hybridized carbons (Fsp3) is 0.733. The molecule has 1 aromatic heterocycles. The van der Waals surface area contributed by atoms with E-state index in [2.05, 4.69) is 43.3 Å². The third-order valence-electron chi connectivity index (χ3n) is 3.91. The summed E-state index contributed by atoms with van der Waals surface area (Å²) in [6.07, 6.45) is 3.25. The van der Waals surface area contributed by atoms with Crippen molar-refractivity contribution in [2.24, 2.45) is 5.92 Å². The van der Waals surface area contributed by atoms with Gasteiger partial charge in [-0.25, -0.2) is 4.98 Å². The van der Waals surface area contributed by atoms with Crippen LogP contribution in [0.4, 0.5) is 5.13 Å². The van der Waals surface area contributed by atoms with Crippen LogP contribution in [0.25, 0.3) is 0 Å². The lowest BCUT2D eigenvalue weighted by molar-refractivity contribution is -0.119. The maximum Gasteiger partial charge on any atom is 0.243 e. The highest BCUT2D eigenvalue weighted by atomic mass is 32.1. The molecular weight excluding hydrogens is 270 g/mol. The average molecular weight is 295 g/mol. The minimum absolute atomic E-state index is 0.0237. The summed E-state index contributed by atoms with van der Waals surface area (Å²) in [4.78, 5) is 16.8. The van der Waals surface area contributed by atoms with Crippen molar-refractivity contribution in [1.29, 1.82) is 0 Å². The minimum atomic E-state index is -0.0734. The molecule has 0 spiro atoms. The van der Waals surface area contributed by atoms with Gasteiger partial charge < -0.3 is 10.6 Å². The van der Waals surface area contributed by atoms with Gasteiger partial charge in [0.1, 0.15) is 0 Å². The highest BCUT2D eigenvalue weighted by Crippen LogP contribution is 2.27. The average Bonchev–Trinajstić information content (AvgIpc) is 2.87. The summed E-state index contributed by atoms with van der Waals surface area (Å²) in [6, 6.07) is -0.0734. The number of piperidine rings is 1. The van der Waals surface area contributed by atoms with Crippen molar-refractivity contribution in [3.8, 4) is 0 Å². The predicted molar refractivity (Wildman–Crippen MR) is 84.2 cm³/mol. The number of carbonyl (C=O) groups is 1. The Morgan fingerprint density at radius 1 is 1.55 bits per heavy atom. The second kappa shape index (κ2) is 6.22. The number of nitrogens with zero attached hydrogens (tertiary/aromatic N) is 1. The van der Waals surface area contributed by atoms with Crippen molar-refractivity contribution in [1.82, 2.24) is 10.3 Å². The van der Waals surface area contributed by atoms with E-state index in [9.17, 15) is 4.79 Å². The molecule has 1 fully saturated rings. The first kappa shape index (κ1) is 15.4. The largest absolute Gasteiger partial charge is 0.306 e. The molecule has 5 heteroatoms. The molecule has 0 aliphatic carbocycles. The molecule has 1 saturated heterocycles. The highest BCUT2D eigenvalue weighted by molar-refractivity contribution is 7.13. The Kier molecular flexibility index (Phi) is 4.81. The number of hydrogen-bond acceptors (Lipinski definition) is 4. The third-order valence-corrected chi connectivity index (χ3v) is 4.67. The normalized spacial score (nSPS) is 23.6. The van der Waals surface area contributed by atoms with E-state index in [1.54, 1.807) is 0 Å². The van der Waals surface area contributed by atoms with Crippen molar-refractivity contribution in [3.05, 3.63) is 11.1 Å². The highest BCUT2D eigenvalue weighted by Gasteiger charge is 2.26. The van der Waals surface area contributed by atoms with E-state index in [-0.39, 0.29) is 17.4 Å². The predicted octanol–water partition coefficient (Wildman–Crippen LogP) is 3.16. The third kappa shape index (κ3) is 3.79. The first-order valence-corrected chi connectivity index (χ1v) is 8.28. The van der Waals surface area contributed by atoms with E-state index in [1.807, 2.05) is 5.38 Å². The quantitative estimate of drug-likeness (QED) is 0.900. The van der Waals surface area contributed by atoms with E-state index >= 15 is 0 Å². The molecule has 2 rings (SSSR count). The van der Waals surface area contributed by atoms with Crippen LogP contribution in [0.1, 0.15) is 52.7 Å². The van der Waals surface area contributed by atoms with Gasteiger partial charge in [-0.05, 0) is 25.3 Å². The lowest BCUT2D eigenvalue weighted by Crippen LogP contribution is -2.46. The molecule has 1 aliphatic heterocycles. The molecule has 1 amide bonds. The Morgan fingerprint density at radius 2 is 2.30 bits per heavy atom. The van der Waals surface area contributed by atoms with E-state index in [1.165, 1.54) is 17.8 Å². The van der Waals surface area contributed by atoms with Crippen LogP contribution in [-0.2, 0) is 10.2 Å². The Hall–Kier alpha value is -0.940. The summed E-state index contributed by atoms with van der Waals surface area (Å²) in [6.45, 7) is 9.51. The van der Waals surface area contributed by atoms with Gasteiger partial charge in [0.05, 0.1) is 11.7 Å². The minimum Gasteiger partial charge on any atom is -0.306 e. The van der Waals surface area contributed by atoms with Gasteiger partial charge in [-0.2, -0.15) is 0 Å². The monoisotopic (exact) mass is 295 g/mol. The van der Waals surface area contributed by atoms with Crippen molar-refractivity contribution >= 4 is 22.4 Å². The molecule has 1 aromatic rings. The zero-order chi connectivity index (χ0) is 14.8. The number of hydrogen-bond donors (Lipinski definition) is 2. The summed E-state index contributed by atoms with van der Waals surface area (Å²) >= 11 is 1.50. The number of nitrogens with one attached hydrogen (secondary N) is 2. The van der Waals surface area contributed by atoms with Crippen molar-refractivity contribution in [3.63, 3.8) is 0 Å². The van der Waals surface area contributed by atoms with Crippen LogP contribution < -0.4 is 10.6 Å². The molecule has 2 unspecified atom stereocenters. The Morgan fingerprint density at radius 3 is 2.90 bits per heavy atom. The Balaban J connectivity index is 1.96. The molecule has 0 bridgehead atoms. The fourth-order valence-corrected chi connectivity index (χ4v) is 3.37. The number of carbonyl (C=O) groups excluding carboxylic acids is 1. The van der Waals surface area contributed by atoms with Crippen molar-refractivity contribution in [2.75, 3.05) is 11.9 Å². The molecule has 2 heterocycles. The molecule has 0 saturated carbocycles. The molecule has 1 aliphatic rings. The van der Waals surface area contributed by atoms with Crippen LogP contribution in [-0.4, -0.2) is 23.5 Å². The summed E-state index contributed by atoms with van der Waals surface area (Å²) in [5.74, 6) is 0.714. The van der Waals surface area contributed by atoms with Crippen LogP contribution in [0.3, 0.4) is 0 Å². The van der Waals surface area contributed by atoms with Crippen LogP contribution >= 0.6 is 11.3 Å².